The molecule has 70 valence electrons. The second-order valence-corrected chi connectivity index (χ2v) is 4.82. The standard InChI is InChI=1S/C13H11F/c14-11-3-1-2-8-9-4-5-10(12(8)11)13(9)6-7-13/h1-5,9-10H,6-7H2. The van der Waals surface area contributed by atoms with Crippen molar-refractivity contribution in [2.24, 2.45) is 5.41 Å². The molecule has 1 aromatic carbocycles. The fourth-order valence-electron chi connectivity index (χ4n) is 3.52. The number of halogens is 1. The summed E-state index contributed by atoms with van der Waals surface area (Å²) in [4.78, 5) is 0. The average molecular weight is 186 g/mol. The Morgan fingerprint density at radius 1 is 1.14 bits per heavy atom. The van der Waals surface area contributed by atoms with Crippen LogP contribution in [0.3, 0.4) is 0 Å². The Bertz CT molecular complexity index is 454. The lowest BCUT2D eigenvalue weighted by Crippen LogP contribution is -2.04. The van der Waals surface area contributed by atoms with Crippen molar-refractivity contribution < 1.29 is 4.39 Å². The highest BCUT2D eigenvalue weighted by molar-refractivity contribution is 5.54. The predicted octanol–water partition coefficient (Wildman–Crippen LogP) is 3.36. The van der Waals surface area contributed by atoms with Crippen LogP contribution < -0.4 is 0 Å². The van der Waals surface area contributed by atoms with Gasteiger partial charge in [0.25, 0.3) is 0 Å². The van der Waals surface area contributed by atoms with E-state index in [9.17, 15) is 4.39 Å². The van der Waals surface area contributed by atoms with Gasteiger partial charge in [0, 0.05) is 11.8 Å². The SMILES string of the molecule is Fc1cccc2c1C1C=CC2C12CC2. The largest absolute Gasteiger partial charge is 0.207 e. The average Bonchev–Trinajstić information content (AvgIpc) is 2.83. The van der Waals surface area contributed by atoms with Gasteiger partial charge in [-0.3, -0.25) is 0 Å². The van der Waals surface area contributed by atoms with Crippen molar-refractivity contribution in [1.29, 1.82) is 0 Å². The summed E-state index contributed by atoms with van der Waals surface area (Å²) in [6, 6.07) is 5.55. The molecule has 0 radical (unpaired) electrons. The smallest absolute Gasteiger partial charge is 0.127 e. The van der Waals surface area contributed by atoms with Gasteiger partial charge in [0.2, 0.25) is 0 Å². The van der Waals surface area contributed by atoms with Gasteiger partial charge in [-0.1, -0.05) is 24.3 Å². The maximum Gasteiger partial charge on any atom is 0.127 e. The van der Waals surface area contributed by atoms with Crippen LogP contribution in [0.15, 0.2) is 30.4 Å². The van der Waals surface area contributed by atoms with E-state index in [-0.39, 0.29) is 5.82 Å². The lowest BCUT2D eigenvalue weighted by molar-refractivity contribution is 0.476. The molecule has 14 heavy (non-hydrogen) atoms. The fourth-order valence-corrected chi connectivity index (χ4v) is 3.52. The first kappa shape index (κ1) is 7.22. The van der Waals surface area contributed by atoms with E-state index >= 15 is 0 Å². The molecule has 0 saturated heterocycles. The lowest BCUT2D eigenvalue weighted by Gasteiger charge is -2.12. The molecule has 0 N–H and O–H groups in total. The molecule has 0 nitrogen and oxygen atoms in total. The molecule has 1 fully saturated rings. The van der Waals surface area contributed by atoms with Crippen molar-refractivity contribution in [2.75, 3.05) is 0 Å². The highest BCUT2D eigenvalue weighted by Crippen LogP contribution is 2.73. The van der Waals surface area contributed by atoms with Crippen LogP contribution in [0.4, 0.5) is 4.39 Å². The third-order valence-electron chi connectivity index (χ3n) is 4.29. The Morgan fingerprint density at radius 3 is 2.64 bits per heavy atom. The molecular weight excluding hydrogens is 175 g/mol. The van der Waals surface area contributed by atoms with E-state index in [1.54, 1.807) is 6.07 Å². The van der Waals surface area contributed by atoms with E-state index in [4.69, 9.17) is 0 Å². The molecule has 1 spiro atoms. The number of hydrogen-bond donors (Lipinski definition) is 0. The maximum atomic E-state index is 13.7. The Labute approximate surface area is 82.4 Å². The molecule has 1 heteroatoms. The summed E-state index contributed by atoms with van der Waals surface area (Å²) in [7, 11) is 0. The first-order valence-electron chi connectivity index (χ1n) is 5.29. The van der Waals surface area contributed by atoms with Gasteiger partial charge in [-0.15, -0.1) is 0 Å². The van der Waals surface area contributed by atoms with Crippen LogP contribution in [0.25, 0.3) is 0 Å². The minimum absolute atomic E-state index is 0.00521. The topological polar surface area (TPSA) is 0 Å². The van der Waals surface area contributed by atoms with Gasteiger partial charge in [-0.05, 0) is 35.4 Å². The minimum atomic E-state index is 0.00521. The summed E-state index contributed by atoms with van der Waals surface area (Å²) >= 11 is 0. The van der Waals surface area contributed by atoms with Gasteiger partial charge in [0.15, 0.2) is 0 Å². The van der Waals surface area contributed by atoms with E-state index in [2.05, 4.69) is 18.2 Å². The Hall–Kier alpha value is -1.11. The first-order chi connectivity index (χ1) is 6.83. The van der Waals surface area contributed by atoms with E-state index < -0.39 is 0 Å². The van der Waals surface area contributed by atoms with Gasteiger partial charge < -0.3 is 0 Å². The molecule has 2 atom stereocenters. The van der Waals surface area contributed by atoms with Crippen LogP contribution in [0.5, 0.6) is 0 Å². The van der Waals surface area contributed by atoms with E-state index in [0.717, 1.165) is 5.56 Å². The van der Waals surface area contributed by atoms with Crippen LogP contribution in [-0.4, -0.2) is 0 Å². The van der Waals surface area contributed by atoms with Crippen LogP contribution >= 0.6 is 0 Å². The number of benzene rings is 1. The zero-order valence-electron chi connectivity index (χ0n) is 7.83. The predicted molar refractivity (Wildman–Crippen MR) is 52.7 cm³/mol. The van der Waals surface area contributed by atoms with Crippen molar-refractivity contribution in [3.8, 4) is 0 Å². The Kier molecular flexibility index (Phi) is 1.01. The first-order valence-corrected chi connectivity index (χ1v) is 5.29. The Balaban J connectivity index is 2.04. The molecule has 1 aromatic rings. The highest BCUT2D eigenvalue weighted by Gasteiger charge is 2.62. The van der Waals surface area contributed by atoms with Crippen LogP contribution in [-0.2, 0) is 0 Å². The minimum Gasteiger partial charge on any atom is -0.207 e. The zero-order chi connectivity index (χ0) is 9.34. The van der Waals surface area contributed by atoms with Crippen molar-refractivity contribution in [1.82, 2.24) is 0 Å². The molecule has 0 aliphatic heterocycles. The number of rotatable bonds is 0. The molecule has 1 saturated carbocycles. The summed E-state index contributed by atoms with van der Waals surface area (Å²) in [6.45, 7) is 0. The van der Waals surface area contributed by atoms with Crippen molar-refractivity contribution in [2.45, 2.75) is 24.7 Å². The molecular formula is C13H11F. The van der Waals surface area contributed by atoms with E-state index in [1.165, 1.54) is 18.4 Å². The second kappa shape index (κ2) is 1.95. The van der Waals surface area contributed by atoms with Crippen LogP contribution in [0.1, 0.15) is 35.8 Å². The summed E-state index contributed by atoms with van der Waals surface area (Å²) in [5.74, 6) is 0.924. The fraction of sp³-hybridized carbons (Fsp3) is 0.385. The van der Waals surface area contributed by atoms with E-state index in [1.807, 2.05) is 6.07 Å². The second-order valence-electron chi connectivity index (χ2n) is 4.82. The molecule has 2 unspecified atom stereocenters. The van der Waals surface area contributed by atoms with E-state index in [0.29, 0.717) is 17.3 Å². The van der Waals surface area contributed by atoms with Crippen molar-refractivity contribution in [3.63, 3.8) is 0 Å². The highest BCUT2D eigenvalue weighted by atomic mass is 19.1. The van der Waals surface area contributed by atoms with Gasteiger partial charge in [-0.2, -0.15) is 0 Å². The molecule has 0 amide bonds. The molecule has 3 aliphatic carbocycles. The van der Waals surface area contributed by atoms with Gasteiger partial charge >= 0.3 is 0 Å². The zero-order valence-corrected chi connectivity index (χ0v) is 7.83. The quantitative estimate of drug-likeness (QED) is 0.545. The third kappa shape index (κ3) is 0.579. The summed E-state index contributed by atoms with van der Waals surface area (Å²) in [6.07, 6.45) is 7.08. The van der Waals surface area contributed by atoms with Crippen molar-refractivity contribution >= 4 is 0 Å². The number of fused-ring (bicyclic) bond motifs is 3. The Morgan fingerprint density at radius 2 is 1.93 bits per heavy atom. The summed E-state index contributed by atoms with van der Waals surface area (Å²) in [5, 5.41) is 0. The third-order valence-corrected chi connectivity index (χ3v) is 4.29. The van der Waals surface area contributed by atoms with Gasteiger partial charge in [0.05, 0.1) is 0 Å². The molecule has 3 aliphatic rings. The molecule has 4 rings (SSSR count). The monoisotopic (exact) mass is 186 g/mol. The summed E-state index contributed by atoms with van der Waals surface area (Å²) in [5.41, 5.74) is 2.68. The summed E-state index contributed by atoms with van der Waals surface area (Å²) < 4.78 is 13.7. The van der Waals surface area contributed by atoms with Crippen LogP contribution in [0.2, 0.25) is 0 Å². The lowest BCUT2D eigenvalue weighted by atomic mass is 9.90. The van der Waals surface area contributed by atoms with Crippen LogP contribution in [0, 0.1) is 11.2 Å². The number of allylic oxidation sites excluding steroid dienone is 2. The normalized spacial score (nSPS) is 33.8. The molecule has 0 heterocycles. The maximum absolute atomic E-state index is 13.7. The number of hydrogen-bond acceptors (Lipinski definition) is 0. The van der Waals surface area contributed by atoms with Gasteiger partial charge in [-0.25, -0.2) is 4.39 Å². The molecule has 2 bridgehead atoms. The van der Waals surface area contributed by atoms with Crippen molar-refractivity contribution in [3.05, 3.63) is 47.3 Å². The van der Waals surface area contributed by atoms with Gasteiger partial charge in [0.1, 0.15) is 5.82 Å². The molecule has 0 aromatic heterocycles.